The summed E-state index contributed by atoms with van der Waals surface area (Å²) >= 11 is 0. The molecular formula is C27H28FN5O. The lowest BCUT2D eigenvalue weighted by molar-refractivity contribution is 0.319. The normalized spacial score (nSPS) is 14.4. The standard InChI is InChI=1S/C27H28FN5O/c28-21-11-9-20(10-12-21)23-13-14-24-26(32-23)33(18-19-6-2-1-3-7-19)27(34)25(31-24)30-17-15-22-8-4-5-16-29-22/h4-5,8-14,16,19H,1-3,6-7,15,17-18H2,(H,30,31). The Morgan fingerprint density at radius 3 is 2.56 bits per heavy atom. The maximum Gasteiger partial charge on any atom is 0.294 e. The summed E-state index contributed by atoms with van der Waals surface area (Å²) in [5, 5.41) is 3.23. The quantitative estimate of drug-likeness (QED) is 0.412. The number of benzene rings is 1. The van der Waals surface area contributed by atoms with Crippen molar-refractivity contribution < 1.29 is 4.39 Å². The van der Waals surface area contributed by atoms with Crippen LogP contribution in [0.4, 0.5) is 10.2 Å². The third-order valence-corrected chi connectivity index (χ3v) is 6.50. The summed E-state index contributed by atoms with van der Waals surface area (Å²) in [5.74, 6) is 0.507. The molecule has 0 amide bonds. The summed E-state index contributed by atoms with van der Waals surface area (Å²) in [6.45, 7) is 1.20. The van der Waals surface area contributed by atoms with Crippen molar-refractivity contribution in [3.05, 3.63) is 82.7 Å². The van der Waals surface area contributed by atoms with Crippen molar-refractivity contribution >= 4 is 17.0 Å². The van der Waals surface area contributed by atoms with Gasteiger partial charge < -0.3 is 5.32 Å². The van der Waals surface area contributed by atoms with E-state index < -0.39 is 0 Å². The minimum atomic E-state index is -0.290. The van der Waals surface area contributed by atoms with E-state index in [9.17, 15) is 9.18 Å². The Bertz CT molecular complexity index is 1310. The topological polar surface area (TPSA) is 72.7 Å². The van der Waals surface area contributed by atoms with Crippen LogP contribution in [0, 0.1) is 11.7 Å². The Labute approximate surface area is 197 Å². The van der Waals surface area contributed by atoms with Gasteiger partial charge in [0.1, 0.15) is 11.3 Å². The number of fused-ring (bicyclic) bond motifs is 1. The molecule has 34 heavy (non-hydrogen) atoms. The first-order valence-corrected chi connectivity index (χ1v) is 12.0. The number of rotatable bonds is 7. The van der Waals surface area contributed by atoms with Crippen LogP contribution in [0.15, 0.2) is 65.6 Å². The number of hydrogen-bond donors (Lipinski definition) is 1. The van der Waals surface area contributed by atoms with E-state index in [0.717, 1.165) is 24.1 Å². The fraction of sp³-hybridized carbons (Fsp3) is 0.333. The van der Waals surface area contributed by atoms with Gasteiger partial charge in [0.2, 0.25) is 0 Å². The maximum absolute atomic E-state index is 13.5. The van der Waals surface area contributed by atoms with E-state index >= 15 is 0 Å². The van der Waals surface area contributed by atoms with Crippen LogP contribution >= 0.6 is 0 Å². The highest BCUT2D eigenvalue weighted by Gasteiger charge is 2.19. The van der Waals surface area contributed by atoms with Crippen LogP contribution < -0.4 is 10.9 Å². The first-order valence-electron chi connectivity index (χ1n) is 12.0. The van der Waals surface area contributed by atoms with Crippen LogP contribution in [0.5, 0.6) is 0 Å². The van der Waals surface area contributed by atoms with Crippen molar-refractivity contribution in [2.45, 2.75) is 45.1 Å². The largest absolute Gasteiger partial charge is 0.365 e. The minimum absolute atomic E-state index is 0.150. The molecule has 1 aliphatic carbocycles. The molecule has 0 bridgehead atoms. The monoisotopic (exact) mass is 457 g/mol. The summed E-state index contributed by atoms with van der Waals surface area (Å²) in [5.41, 5.74) is 3.56. The molecule has 4 aromatic rings. The van der Waals surface area contributed by atoms with Crippen LogP contribution in [0.25, 0.3) is 22.4 Å². The number of nitrogens with one attached hydrogen (secondary N) is 1. The van der Waals surface area contributed by atoms with Crippen LogP contribution in [-0.2, 0) is 13.0 Å². The van der Waals surface area contributed by atoms with Gasteiger partial charge in [-0.25, -0.2) is 14.4 Å². The smallest absolute Gasteiger partial charge is 0.294 e. The summed E-state index contributed by atoms with van der Waals surface area (Å²) in [7, 11) is 0. The van der Waals surface area contributed by atoms with Crippen molar-refractivity contribution in [3.63, 3.8) is 0 Å². The molecule has 0 radical (unpaired) electrons. The summed E-state index contributed by atoms with van der Waals surface area (Å²) < 4.78 is 15.2. The van der Waals surface area contributed by atoms with Crippen molar-refractivity contribution in [2.75, 3.05) is 11.9 Å². The Kier molecular flexibility index (Phi) is 6.60. The van der Waals surface area contributed by atoms with E-state index in [1.165, 1.54) is 31.4 Å². The zero-order valence-electron chi connectivity index (χ0n) is 19.1. The molecule has 7 heteroatoms. The summed E-state index contributed by atoms with van der Waals surface area (Å²) in [6.07, 6.45) is 8.37. The molecule has 0 unspecified atom stereocenters. The van der Waals surface area contributed by atoms with Gasteiger partial charge in [-0.05, 0) is 67.3 Å². The van der Waals surface area contributed by atoms with E-state index in [1.54, 1.807) is 22.9 Å². The van der Waals surface area contributed by atoms with E-state index in [1.807, 2.05) is 30.3 Å². The van der Waals surface area contributed by atoms with Gasteiger partial charge in [0.15, 0.2) is 11.5 Å². The second kappa shape index (κ2) is 10.1. The van der Waals surface area contributed by atoms with Crippen LogP contribution in [-0.4, -0.2) is 26.1 Å². The second-order valence-corrected chi connectivity index (χ2v) is 8.92. The zero-order chi connectivity index (χ0) is 23.3. The fourth-order valence-electron chi connectivity index (χ4n) is 4.67. The molecular weight excluding hydrogens is 429 g/mol. The number of pyridine rings is 2. The van der Waals surface area contributed by atoms with Gasteiger partial charge in [-0.15, -0.1) is 0 Å². The Morgan fingerprint density at radius 1 is 0.971 bits per heavy atom. The third-order valence-electron chi connectivity index (χ3n) is 6.50. The lowest BCUT2D eigenvalue weighted by Crippen LogP contribution is -2.30. The lowest BCUT2D eigenvalue weighted by atomic mass is 9.89. The minimum Gasteiger partial charge on any atom is -0.365 e. The van der Waals surface area contributed by atoms with Gasteiger partial charge >= 0.3 is 0 Å². The van der Waals surface area contributed by atoms with Gasteiger partial charge in [-0.3, -0.25) is 14.3 Å². The zero-order valence-corrected chi connectivity index (χ0v) is 19.1. The number of halogens is 1. The van der Waals surface area contributed by atoms with E-state index in [2.05, 4.69) is 15.3 Å². The molecule has 1 saturated carbocycles. The molecule has 0 spiro atoms. The van der Waals surface area contributed by atoms with E-state index in [0.29, 0.717) is 48.1 Å². The van der Waals surface area contributed by atoms with Gasteiger partial charge in [-0.2, -0.15) is 0 Å². The second-order valence-electron chi connectivity index (χ2n) is 8.92. The third kappa shape index (κ3) is 4.98. The molecule has 0 atom stereocenters. The average Bonchev–Trinajstić information content (AvgIpc) is 2.88. The van der Waals surface area contributed by atoms with Crippen LogP contribution in [0.2, 0.25) is 0 Å². The Morgan fingerprint density at radius 2 is 1.79 bits per heavy atom. The van der Waals surface area contributed by atoms with E-state index in [-0.39, 0.29) is 11.4 Å². The van der Waals surface area contributed by atoms with Crippen molar-refractivity contribution in [1.82, 2.24) is 19.5 Å². The molecule has 3 aromatic heterocycles. The molecule has 1 aliphatic rings. The number of hydrogen-bond acceptors (Lipinski definition) is 5. The predicted octanol–water partition coefficient (Wildman–Crippen LogP) is 5.23. The van der Waals surface area contributed by atoms with Crippen LogP contribution in [0.1, 0.15) is 37.8 Å². The van der Waals surface area contributed by atoms with Crippen molar-refractivity contribution in [1.29, 1.82) is 0 Å². The molecule has 1 aromatic carbocycles. The number of nitrogens with zero attached hydrogens (tertiary/aromatic N) is 4. The molecule has 6 nitrogen and oxygen atoms in total. The summed E-state index contributed by atoms with van der Waals surface area (Å²) in [6, 6.07) is 15.8. The molecule has 1 fully saturated rings. The van der Waals surface area contributed by atoms with Crippen molar-refractivity contribution in [2.24, 2.45) is 5.92 Å². The van der Waals surface area contributed by atoms with Crippen LogP contribution in [0.3, 0.4) is 0 Å². The van der Waals surface area contributed by atoms with Gasteiger partial charge in [0, 0.05) is 37.0 Å². The highest BCUT2D eigenvalue weighted by Crippen LogP contribution is 2.26. The van der Waals surface area contributed by atoms with Gasteiger partial charge in [0.05, 0.1) is 5.69 Å². The Hall–Kier alpha value is -3.61. The fourth-order valence-corrected chi connectivity index (χ4v) is 4.67. The summed E-state index contributed by atoms with van der Waals surface area (Å²) in [4.78, 5) is 27.3. The molecule has 1 N–H and O–H groups in total. The number of aromatic nitrogens is 4. The predicted molar refractivity (Wildman–Crippen MR) is 132 cm³/mol. The molecule has 0 aliphatic heterocycles. The molecule has 3 heterocycles. The molecule has 0 saturated heterocycles. The number of anilines is 1. The highest BCUT2D eigenvalue weighted by atomic mass is 19.1. The van der Waals surface area contributed by atoms with E-state index in [4.69, 9.17) is 4.98 Å². The molecule has 5 rings (SSSR count). The molecule has 174 valence electrons. The van der Waals surface area contributed by atoms with Crippen molar-refractivity contribution in [3.8, 4) is 11.3 Å². The lowest BCUT2D eigenvalue weighted by Gasteiger charge is -2.23. The highest BCUT2D eigenvalue weighted by molar-refractivity contribution is 5.76. The average molecular weight is 458 g/mol. The maximum atomic E-state index is 13.5. The Balaban J connectivity index is 1.50. The van der Waals surface area contributed by atoms with Gasteiger partial charge in [0.25, 0.3) is 5.56 Å². The first-order chi connectivity index (χ1) is 16.7. The van der Waals surface area contributed by atoms with Gasteiger partial charge in [-0.1, -0.05) is 25.3 Å². The SMILES string of the molecule is O=c1c(NCCc2ccccn2)nc2ccc(-c3ccc(F)cc3)nc2n1CC1CCCCC1. The first kappa shape index (κ1) is 22.2.